The molecular formula is C15H21N3OS. The largest absolute Gasteiger partial charge is 0.383 e. The van der Waals surface area contributed by atoms with Gasteiger partial charge in [0, 0.05) is 12.0 Å². The van der Waals surface area contributed by atoms with Crippen molar-refractivity contribution in [1.29, 1.82) is 0 Å². The molecule has 2 aromatic rings. The number of rotatable bonds is 4. The van der Waals surface area contributed by atoms with E-state index in [0.717, 1.165) is 41.7 Å². The first-order chi connectivity index (χ1) is 9.74. The Morgan fingerprint density at radius 1 is 1.30 bits per heavy atom. The number of nitrogens with zero attached hydrogens (tertiary/aromatic N) is 2. The van der Waals surface area contributed by atoms with Crippen LogP contribution in [0, 0.1) is 0 Å². The number of nitrogens with two attached hydrogens (primary N) is 1. The van der Waals surface area contributed by atoms with Crippen LogP contribution in [0.4, 0.5) is 5.82 Å². The van der Waals surface area contributed by atoms with Gasteiger partial charge in [0.15, 0.2) is 5.82 Å². The van der Waals surface area contributed by atoms with Crippen LogP contribution in [0.3, 0.4) is 0 Å². The SMILES string of the molecule is CCCC(OC)c1nc(N)c2c3c(sc2n1)CCCC3. The number of fused-ring (bicyclic) bond motifs is 3. The molecule has 0 aliphatic heterocycles. The van der Waals surface area contributed by atoms with E-state index in [-0.39, 0.29) is 6.10 Å². The minimum absolute atomic E-state index is 0.0502. The van der Waals surface area contributed by atoms with Crippen molar-refractivity contribution in [3.8, 4) is 0 Å². The molecule has 0 aromatic carbocycles. The number of hydrogen-bond donors (Lipinski definition) is 1. The monoisotopic (exact) mass is 291 g/mol. The maximum Gasteiger partial charge on any atom is 0.161 e. The summed E-state index contributed by atoms with van der Waals surface area (Å²) >= 11 is 1.79. The van der Waals surface area contributed by atoms with Crippen molar-refractivity contribution in [3.63, 3.8) is 0 Å². The first-order valence-corrected chi connectivity index (χ1v) is 8.16. The molecule has 2 heterocycles. The van der Waals surface area contributed by atoms with E-state index in [9.17, 15) is 0 Å². The molecule has 0 radical (unpaired) electrons. The summed E-state index contributed by atoms with van der Waals surface area (Å²) in [5, 5.41) is 1.10. The summed E-state index contributed by atoms with van der Waals surface area (Å²) < 4.78 is 5.51. The summed E-state index contributed by atoms with van der Waals surface area (Å²) in [7, 11) is 1.71. The molecule has 1 aliphatic rings. The number of aryl methyl sites for hydroxylation is 2. The Kier molecular flexibility index (Phi) is 3.89. The van der Waals surface area contributed by atoms with Crippen molar-refractivity contribution in [1.82, 2.24) is 9.97 Å². The van der Waals surface area contributed by atoms with E-state index in [1.807, 2.05) is 0 Å². The second-order valence-electron chi connectivity index (χ2n) is 5.37. The molecule has 0 saturated carbocycles. The van der Waals surface area contributed by atoms with Crippen molar-refractivity contribution < 1.29 is 4.74 Å². The lowest BCUT2D eigenvalue weighted by Gasteiger charge is -2.14. The third-order valence-electron chi connectivity index (χ3n) is 3.98. The summed E-state index contributed by atoms with van der Waals surface area (Å²) in [6.45, 7) is 2.14. The van der Waals surface area contributed by atoms with Crippen LogP contribution in [0.15, 0.2) is 0 Å². The van der Waals surface area contributed by atoms with E-state index in [0.29, 0.717) is 5.82 Å². The topological polar surface area (TPSA) is 61.0 Å². The highest BCUT2D eigenvalue weighted by Gasteiger charge is 2.22. The number of thiophene rings is 1. The highest BCUT2D eigenvalue weighted by molar-refractivity contribution is 7.19. The van der Waals surface area contributed by atoms with Crippen LogP contribution in [-0.4, -0.2) is 17.1 Å². The number of aromatic nitrogens is 2. The lowest BCUT2D eigenvalue weighted by atomic mass is 9.97. The molecule has 0 amide bonds. The van der Waals surface area contributed by atoms with E-state index >= 15 is 0 Å². The van der Waals surface area contributed by atoms with E-state index in [1.54, 1.807) is 18.4 Å². The highest BCUT2D eigenvalue weighted by Crippen LogP contribution is 2.38. The van der Waals surface area contributed by atoms with Crippen LogP contribution in [0.2, 0.25) is 0 Å². The van der Waals surface area contributed by atoms with Gasteiger partial charge in [0.05, 0.1) is 5.39 Å². The summed E-state index contributed by atoms with van der Waals surface area (Å²) in [5.74, 6) is 1.36. The van der Waals surface area contributed by atoms with Crippen molar-refractivity contribution in [3.05, 3.63) is 16.3 Å². The highest BCUT2D eigenvalue weighted by atomic mass is 32.1. The van der Waals surface area contributed by atoms with Crippen molar-refractivity contribution in [2.24, 2.45) is 0 Å². The van der Waals surface area contributed by atoms with Gasteiger partial charge >= 0.3 is 0 Å². The predicted octanol–water partition coefficient (Wildman–Crippen LogP) is 3.64. The molecule has 4 nitrogen and oxygen atoms in total. The Balaban J connectivity index is 2.10. The fraction of sp³-hybridized carbons (Fsp3) is 0.600. The Morgan fingerprint density at radius 2 is 2.10 bits per heavy atom. The first kappa shape index (κ1) is 13.8. The van der Waals surface area contributed by atoms with Gasteiger partial charge in [0.1, 0.15) is 16.8 Å². The summed E-state index contributed by atoms with van der Waals surface area (Å²) in [4.78, 5) is 11.7. The van der Waals surface area contributed by atoms with E-state index in [2.05, 4.69) is 11.9 Å². The molecule has 2 aromatic heterocycles. The number of nitrogen functional groups attached to an aromatic ring is 1. The van der Waals surface area contributed by atoms with Gasteiger partial charge in [0.2, 0.25) is 0 Å². The molecule has 1 unspecified atom stereocenters. The van der Waals surface area contributed by atoms with E-state index < -0.39 is 0 Å². The normalized spacial score (nSPS) is 16.3. The minimum atomic E-state index is -0.0502. The summed E-state index contributed by atoms with van der Waals surface area (Å²) in [6.07, 6.45) is 6.71. The molecule has 2 N–H and O–H groups in total. The van der Waals surface area contributed by atoms with Crippen LogP contribution >= 0.6 is 11.3 Å². The molecule has 0 bridgehead atoms. The molecule has 108 valence electrons. The zero-order valence-electron chi connectivity index (χ0n) is 12.1. The van der Waals surface area contributed by atoms with Gasteiger partial charge in [-0.1, -0.05) is 13.3 Å². The van der Waals surface area contributed by atoms with Crippen molar-refractivity contribution in [2.75, 3.05) is 12.8 Å². The smallest absolute Gasteiger partial charge is 0.161 e. The molecule has 1 atom stereocenters. The third kappa shape index (κ3) is 2.29. The average molecular weight is 291 g/mol. The zero-order valence-corrected chi connectivity index (χ0v) is 12.9. The molecule has 1 aliphatic carbocycles. The Hall–Kier alpha value is -1.20. The number of anilines is 1. The lowest BCUT2D eigenvalue weighted by Crippen LogP contribution is -2.09. The van der Waals surface area contributed by atoms with E-state index in [1.165, 1.54) is 23.3 Å². The molecule has 0 spiro atoms. The number of ether oxygens (including phenoxy) is 1. The predicted molar refractivity (Wildman–Crippen MR) is 83.1 cm³/mol. The van der Waals surface area contributed by atoms with E-state index in [4.69, 9.17) is 15.5 Å². The zero-order chi connectivity index (χ0) is 14.1. The molecule has 5 heteroatoms. The number of hydrogen-bond acceptors (Lipinski definition) is 5. The maximum absolute atomic E-state index is 6.21. The Morgan fingerprint density at radius 3 is 2.85 bits per heavy atom. The van der Waals surface area contributed by atoms with Crippen molar-refractivity contribution in [2.45, 2.75) is 51.6 Å². The van der Waals surface area contributed by atoms with Gasteiger partial charge in [0.25, 0.3) is 0 Å². The van der Waals surface area contributed by atoms with Gasteiger partial charge in [-0.15, -0.1) is 11.3 Å². The van der Waals surface area contributed by atoms with Crippen molar-refractivity contribution >= 4 is 27.4 Å². The van der Waals surface area contributed by atoms with Gasteiger partial charge in [-0.3, -0.25) is 0 Å². The van der Waals surface area contributed by atoms with Gasteiger partial charge < -0.3 is 10.5 Å². The Labute approximate surface area is 123 Å². The average Bonchev–Trinajstić information content (AvgIpc) is 2.83. The maximum atomic E-state index is 6.21. The first-order valence-electron chi connectivity index (χ1n) is 7.35. The second kappa shape index (κ2) is 5.66. The van der Waals surface area contributed by atoms with Crippen LogP contribution in [0.25, 0.3) is 10.2 Å². The lowest BCUT2D eigenvalue weighted by molar-refractivity contribution is 0.0881. The molecule has 20 heavy (non-hydrogen) atoms. The standard InChI is InChI=1S/C15H21N3OS/c1-3-6-10(19-2)14-17-13(16)12-9-7-4-5-8-11(9)20-15(12)18-14/h10H,3-8H2,1-2H3,(H2,16,17,18). The Bertz CT molecular complexity index is 623. The van der Waals surface area contributed by atoms with Gasteiger partial charge in [-0.05, 0) is 37.7 Å². The fourth-order valence-electron chi connectivity index (χ4n) is 2.96. The van der Waals surface area contributed by atoms with Crippen LogP contribution in [0.5, 0.6) is 0 Å². The van der Waals surface area contributed by atoms with Gasteiger partial charge in [-0.2, -0.15) is 0 Å². The molecule has 0 fully saturated rings. The quantitative estimate of drug-likeness (QED) is 0.934. The van der Waals surface area contributed by atoms with Crippen LogP contribution < -0.4 is 5.73 Å². The third-order valence-corrected chi connectivity index (χ3v) is 5.17. The summed E-state index contributed by atoms with van der Waals surface area (Å²) in [6, 6.07) is 0. The molecule has 0 saturated heterocycles. The van der Waals surface area contributed by atoms with Gasteiger partial charge in [-0.25, -0.2) is 9.97 Å². The minimum Gasteiger partial charge on any atom is -0.383 e. The number of methoxy groups -OCH3 is 1. The fourth-order valence-corrected chi connectivity index (χ4v) is 4.24. The second-order valence-corrected chi connectivity index (χ2v) is 6.45. The molecule has 3 rings (SSSR count). The molecular weight excluding hydrogens is 270 g/mol. The van der Waals surface area contributed by atoms with Crippen LogP contribution in [0.1, 0.15) is 55.0 Å². The summed E-state index contributed by atoms with van der Waals surface area (Å²) in [5.41, 5.74) is 7.61. The van der Waals surface area contributed by atoms with Crippen LogP contribution in [-0.2, 0) is 17.6 Å².